The maximum Gasteiger partial charge on any atom is 0.266 e. The lowest BCUT2D eigenvalue weighted by molar-refractivity contribution is -0.130. The molecule has 12 heteroatoms. The van der Waals surface area contributed by atoms with Crippen LogP contribution < -0.4 is 15.6 Å². The normalized spacial score (nSPS) is 16.9. The van der Waals surface area contributed by atoms with E-state index in [1.54, 1.807) is 30.3 Å². The number of aliphatic hydroxyl groups excluding tert-OH is 1. The number of hydrogen-bond donors (Lipinski definition) is 3. The van der Waals surface area contributed by atoms with E-state index >= 15 is 0 Å². The Hall–Kier alpha value is -4.74. The number of carbonyl (C=O) groups is 1. The Morgan fingerprint density at radius 1 is 1.06 bits per heavy atom. The minimum atomic E-state index is -1.49. The summed E-state index contributed by atoms with van der Waals surface area (Å²) >= 11 is 3.49. The summed E-state index contributed by atoms with van der Waals surface area (Å²) < 4.78 is 26.9. The van der Waals surface area contributed by atoms with E-state index in [4.69, 9.17) is 25.1 Å². The van der Waals surface area contributed by atoms with Gasteiger partial charge in [-0.05, 0) is 82.7 Å². The maximum absolute atomic E-state index is 14.4. The number of ether oxygens (including phenoxy) is 2. The van der Waals surface area contributed by atoms with Crippen LogP contribution in [-0.2, 0) is 28.9 Å². The van der Waals surface area contributed by atoms with Crippen molar-refractivity contribution in [2.75, 3.05) is 19.8 Å². The van der Waals surface area contributed by atoms with Gasteiger partial charge in [0.05, 0.1) is 13.2 Å². The third kappa shape index (κ3) is 8.55. The van der Waals surface area contributed by atoms with Crippen LogP contribution in [0.4, 0.5) is 4.39 Å². The zero-order valence-electron chi connectivity index (χ0n) is 25.5. The summed E-state index contributed by atoms with van der Waals surface area (Å²) in [4.78, 5) is 22.4. The van der Waals surface area contributed by atoms with Crippen molar-refractivity contribution in [2.24, 2.45) is 10.1 Å². The standard InChI is InChI=1S/C35H34BrFN6O4/c36-28-13-9-25(10-14-28)22-35(34(45)42-39-18-17-24-5-3-7-29(37)21-24)32(31-8-2-1-6-27(31)23-40-43-38)47-33(41-35)26-11-15-30(16-12-26)46-20-4-19-44/h1-3,5-16,21,32,39,44H,4,17-20,22-23H2,(H,42,45)/t32-,35-/m0/s1. The highest BCUT2D eigenvalue weighted by Crippen LogP contribution is 2.44. The Morgan fingerprint density at radius 3 is 2.60 bits per heavy atom. The fraction of sp³-hybridized carbons (Fsp3) is 0.257. The topological polar surface area (TPSA) is 141 Å². The molecule has 1 heterocycles. The van der Waals surface area contributed by atoms with Gasteiger partial charge in [-0.15, -0.1) is 0 Å². The average Bonchev–Trinajstić information content (AvgIpc) is 3.47. The molecule has 0 spiro atoms. The molecule has 0 radical (unpaired) electrons. The number of benzene rings is 4. The number of nitrogens with one attached hydrogen (secondary N) is 2. The molecule has 0 saturated heterocycles. The number of nitrogens with zero attached hydrogens (tertiary/aromatic N) is 4. The van der Waals surface area contributed by atoms with E-state index in [0.717, 1.165) is 15.6 Å². The predicted octanol–water partition coefficient (Wildman–Crippen LogP) is 6.52. The number of rotatable bonds is 15. The summed E-state index contributed by atoms with van der Waals surface area (Å²) in [6.45, 7) is 0.813. The van der Waals surface area contributed by atoms with Gasteiger partial charge >= 0.3 is 0 Å². The van der Waals surface area contributed by atoms with E-state index in [0.29, 0.717) is 48.4 Å². The molecule has 242 valence electrons. The number of azide groups is 1. The van der Waals surface area contributed by atoms with Gasteiger partial charge in [-0.3, -0.25) is 10.2 Å². The van der Waals surface area contributed by atoms with Crippen LogP contribution in [-0.4, -0.2) is 42.2 Å². The average molecular weight is 702 g/mol. The molecule has 3 N–H and O–H groups in total. The molecule has 1 aliphatic rings. The van der Waals surface area contributed by atoms with Gasteiger partial charge in [-0.25, -0.2) is 14.8 Å². The Kier molecular flexibility index (Phi) is 11.6. The first-order valence-corrected chi connectivity index (χ1v) is 15.9. The SMILES string of the molecule is [N-]=[N+]=NCc1ccccc1[C@@H]1OC(c2ccc(OCCCO)cc2)=N[C@]1(Cc1ccc(Br)cc1)C(=O)NNCCc1cccc(F)c1. The maximum atomic E-state index is 14.4. The van der Waals surface area contributed by atoms with E-state index in [2.05, 4.69) is 36.8 Å². The van der Waals surface area contributed by atoms with Crippen LogP contribution in [0.2, 0.25) is 0 Å². The summed E-state index contributed by atoms with van der Waals surface area (Å²) in [6.07, 6.45) is 0.285. The Morgan fingerprint density at radius 2 is 1.85 bits per heavy atom. The Bertz CT molecular complexity index is 1750. The highest BCUT2D eigenvalue weighted by Gasteiger charge is 2.53. The molecule has 0 fully saturated rings. The van der Waals surface area contributed by atoms with E-state index in [9.17, 15) is 9.18 Å². The van der Waals surface area contributed by atoms with Gasteiger partial charge in [0.1, 0.15) is 11.6 Å². The van der Waals surface area contributed by atoms with Crippen LogP contribution in [0, 0.1) is 5.82 Å². The molecule has 4 aromatic rings. The lowest BCUT2D eigenvalue weighted by atomic mass is 9.81. The predicted molar refractivity (Wildman–Crippen MR) is 180 cm³/mol. The van der Waals surface area contributed by atoms with E-state index in [1.807, 2.05) is 54.6 Å². The molecule has 0 saturated carbocycles. The van der Waals surface area contributed by atoms with Crippen molar-refractivity contribution in [3.05, 3.63) is 146 Å². The van der Waals surface area contributed by atoms with Crippen molar-refractivity contribution in [3.63, 3.8) is 0 Å². The zero-order valence-corrected chi connectivity index (χ0v) is 27.1. The van der Waals surface area contributed by atoms with Crippen molar-refractivity contribution in [1.29, 1.82) is 0 Å². The van der Waals surface area contributed by atoms with Crippen LogP contribution in [0.3, 0.4) is 0 Å². The lowest BCUT2D eigenvalue weighted by Gasteiger charge is -2.32. The summed E-state index contributed by atoms with van der Waals surface area (Å²) in [5, 5.41) is 12.9. The molecule has 0 unspecified atom stereocenters. The number of carbonyl (C=O) groups excluding carboxylic acids is 1. The van der Waals surface area contributed by atoms with Gasteiger partial charge in [0, 0.05) is 40.9 Å². The second kappa shape index (κ2) is 16.2. The molecule has 10 nitrogen and oxygen atoms in total. The Balaban J connectivity index is 1.52. The van der Waals surface area contributed by atoms with Gasteiger partial charge in [0.2, 0.25) is 5.90 Å². The van der Waals surface area contributed by atoms with Crippen LogP contribution in [0.15, 0.2) is 112 Å². The zero-order chi connectivity index (χ0) is 33.1. The number of aliphatic hydroxyl groups is 1. The summed E-state index contributed by atoms with van der Waals surface area (Å²) in [5.41, 5.74) is 17.1. The largest absolute Gasteiger partial charge is 0.494 e. The monoisotopic (exact) mass is 700 g/mol. The van der Waals surface area contributed by atoms with Gasteiger partial charge in [-0.2, -0.15) is 0 Å². The van der Waals surface area contributed by atoms with Crippen LogP contribution in [0.5, 0.6) is 5.75 Å². The lowest BCUT2D eigenvalue weighted by Crippen LogP contribution is -2.54. The first-order chi connectivity index (χ1) is 22.9. The molecule has 4 aromatic carbocycles. The molecular weight excluding hydrogens is 667 g/mol. The summed E-state index contributed by atoms with van der Waals surface area (Å²) in [5.74, 6) is 0.139. The molecule has 0 bridgehead atoms. The van der Waals surface area contributed by atoms with Crippen LogP contribution in [0.25, 0.3) is 10.4 Å². The van der Waals surface area contributed by atoms with E-state index < -0.39 is 17.6 Å². The highest BCUT2D eigenvalue weighted by molar-refractivity contribution is 9.10. The minimum absolute atomic E-state index is 0.0352. The van der Waals surface area contributed by atoms with Crippen molar-refractivity contribution < 1.29 is 23.8 Å². The first kappa shape index (κ1) is 33.6. The highest BCUT2D eigenvalue weighted by atomic mass is 79.9. The third-order valence-electron chi connectivity index (χ3n) is 7.69. The molecular formula is C35H34BrFN6O4. The number of hydrazine groups is 1. The van der Waals surface area contributed by atoms with Gasteiger partial charge in [0.15, 0.2) is 11.6 Å². The molecule has 0 aromatic heterocycles. The second-order valence-electron chi connectivity index (χ2n) is 10.9. The number of amides is 1. The fourth-order valence-corrected chi connectivity index (χ4v) is 5.63. The Labute approximate surface area is 280 Å². The van der Waals surface area contributed by atoms with Crippen molar-refractivity contribution >= 4 is 27.7 Å². The second-order valence-corrected chi connectivity index (χ2v) is 11.9. The molecule has 5 rings (SSSR count). The van der Waals surface area contributed by atoms with Crippen LogP contribution >= 0.6 is 15.9 Å². The summed E-state index contributed by atoms with van der Waals surface area (Å²) in [6, 6.07) is 28.5. The van der Waals surface area contributed by atoms with E-state index in [1.165, 1.54) is 12.1 Å². The van der Waals surface area contributed by atoms with Gasteiger partial charge in [-0.1, -0.05) is 69.6 Å². The van der Waals surface area contributed by atoms with Gasteiger partial charge < -0.3 is 14.6 Å². The van der Waals surface area contributed by atoms with Crippen LogP contribution in [0.1, 0.15) is 40.3 Å². The summed E-state index contributed by atoms with van der Waals surface area (Å²) in [7, 11) is 0. The van der Waals surface area contributed by atoms with Gasteiger partial charge in [0.25, 0.3) is 5.91 Å². The number of aliphatic imine (C=N–C) groups is 1. The van der Waals surface area contributed by atoms with E-state index in [-0.39, 0.29) is 31.3 Å². The first-order valence-electron chi connectivity index (χ1n) is 15.1. The molecule has 1 aliphatic heterocycles. The smallest absolute Gasteiger partial charge is 0.266 e. The molecule has 2 atom stereocenters. The van der Waals surface area contributed by atoms with Crippen molar-refractivity contribution in [3.8, 4) is 5.75 Å². The molecule has 0 aliphatic carbocycles. The molecule has 1 amide bonds. The van der Waals surface area contributed by atoms with Crippen molar-refractivity contribution in [1.82, 2.24) is 10.9 Å². The fourth-order valence-electron chi connectivity index (χ4n) is 5.36. The van der Waals surface area contributed by atoms with Crippen molar-refractivity contribution in [2.45, 2.75) is 37.5 Å². The quantitative estimate of drug-likeness (QED) is 0.0426. The minimum Gasteiger partial charge on any atom is -0.494 e. The number of hydrogen-bond acceptors (Lipinski definition) is 7. The number of halogens is 2. The third-order valence-corrected chi connectivity index (χ3v) is 8.22. The molecule has 47 heavy (non-hydrogen) atoms.